The van der Waals surface area contributed by atoms with Crippen LogP contribution in [0.25, 0.3) is 0 Å². The number of hydrogen-bond donors (Lipinski definition) is 0. The highest BCUT2D eigenvalue weighted by molar-refractivity contribution is 5.30. The molecule has 0 unspecified atom stereocenters. The first-order valence-electron chi connectivity index (χ1n) is 12.9. The molecule has 0 aliphatic heterocycles. The van der Waals surface area contributed by atoms with Crippen molar-refractivity contribution in [3.63, 3.8) is 0 Å². The van der Waals surface area contributed by atoms with Crippen LogP contribution >= 0.6 is 0 Å². The molecule has 0 heterocycles. The number of rotatable bonds is 5. The monoisotopic (exact) mass is 398 g/mol. The minimum atomic E-state index is 0.0878. The van der Waals surface area contributed by atoms with Crippen LogP contribution in [-0.4, -0.2) is 0 Å². The van der Waals surface area contributed by atoms with Crippen molar-refractivity contribution in [2.75, 3.05) is 0 Å². The molecule has 0 saturated heterocycles. The summed E-state index contributed by atoms with van der Waals surface area (Å²) in [6.45, 7) is 4.70. The Kier molecular flexibility index (Phi) is 7.35. The van der Waals surface area contributed by atoms with Crippen molar-refractivity contribution in [1.29, 1.82) is 0 Å². The third kappa shape index (κ3) is 5.26. The topological polar surface area (TPSA) is 0 Å². The van der Waals surface area contributed by atoms with Gasteiger partial charge in [-0.25, -0.2) is 4.39 Å². The molecule has 1 aromatic carbocycles. The molecule has 0 bridgehead atoms. The van der Waals surface area contributed by atoms with Gasteiger partial charge in [0.2, 0.25) is 0 Å². The highest BCUT2D eigenvalue weighted by Crippen LogP contribution is 2.45. The first kappa shape index (κ1) is 21.4. The van der Waals surface area contributed by atoms with Crippen molar-refractivity contribution in [2.24, 2.45) is 23.7 Å². The Bertz CT molecular complexity index is 626. The Hall–Kier alpha value is -0.850. The van der Waals surface area contributed by atoms with E-state index >= 15 is 4.39 Å². The van der Waals surface area contributed by atoms with Gasteiger partial charge in [0, 0.05) is 0 Å². The lowest BCUT2D eigenvalue weighted by molar-refractivity contribution is 0.165. The largest absolute Gasteiger partial charge is 0.207 e. The third-order valence-electron chi connectivity index (χ3n) is 8.98. The molecule has 0 atom stereocenters. The van der Waals surface area contributed by atoms with Gasteiger partial charge in [-0.1, -0.05) is 51.7 Å². The van der Waals surface area contributed by atoms with Crippen molar-refractivity contribution in [3.8, 4) is 0 Å². The second-order valence-corrected chi connectivity index (χ2v) is 10.9. The molecule has 3 aliphatic rings. The molecule has 29 heavy (non-hydrogen) atoms. The predicted octanol–water partition coefficient (Wildman–Crippen LogP) is 9.00. The van der Waals surface area contributed by atoms with E-state index in [-0.39, 0.29) is 5.82 Å². The van der Waals surface area contributed by atoms with E-state index in [1.807, 2.05) is 6.07 Å². The van der Waals surface area contributed by atoms with Crippen molar-refractivity contribution in [3.05, 3.63) is 35.1 Å². The first-order valence-corrected chi connectivity index (χ1v) is 12.9. The standard InChI is InChI=1S/C28H43F/c1-3-4-21-7-11-25(12-8-21)27-18-17-26(19-28(27)29)24-15-13-23(14-16-24)22-9-5-20(2)6-10-22/h17-25H,3-16H2,1-2H3. The van der Waals surface area contributed by atoms with Crippen molar-refractivity contribution in [2.45, 2.75) is 116 Å². The van der Waals surface area contributed by atoms with Crippen LogP contribution in [0.5, 0.6) is 0 Å². The van der Waals surface area contributed by atoms with E-state index < -0.39 is 0 Å². The van der Waals surface area contributed by atoms with E-state index in [1.54, 1.807) is 0 Å². The van der Waals surface area contributed by atoms with Gasteiger partial charge in [-0.05, 0) is 117 Å². The molecule has 0 nitrogen and oxygen atoms in total. The smallest absolute Gasteiger partial charge is 0.126 e. The fraction of sp³-hybridized carbons (Fsp3) is 0.786. The van der Waals surface area contributed by atoms with Crippen molar-refractivity contribution < 1.29 is 4.39 Å². The van der Waals surface area contributed by atoms with Crippen LogP contribution in [0.4, 0.5) is 4.39 Å². The predicted molar refractivity (Wildman–Crippen MR) is 122 cm³/mol. The van der Waals surface area contributed by atoms with Gasteiger partial charge in [0.25, 0.3) is 0 Å². The van der Waals surface area contributed by atoms with Crippen LogP contribution in [0.3, 0.4) is 0 Å². The molecule has 3 saturated carbocycles. The molecule has 0 radical (unpaired) electrons. The van der Waals surface area contributed by atoms with E-state index in [1.165, 1.54) is 95.5 Å². The average Bonchev–Trinajstić information content (AvgIpc) is 2.75. The summed E-state index contributed by atoms with van der Waals surface area (Å²) in [7, 11) is 0. The van der Waals surface area contributed by atoms with Crippen molar-refractivity contribution >= 4 is 0 Å². The quantitative estimate of drug-likeness (QED) is 0.464. The van der Waals surface area contributed by atoms with Gasteiger partial charge in [-0.2, -0.15) is 0 Å². The molecule has 0 aromatic heterocycles. The van der Waals surface area contributed by atoms with Gasteiger partial charge in [-0.15, -0.1) is 0 Å². The molecule has 0 amide bonds. The maximum atomic E-state index is 15.0. The van der Waals surface area contributed by atoms with Crippen LogP contribution in [-0.2, 0) is 0 Å². The van der Waals surface area contributed by atoms with Crippen LogP contribution < -0.4 is 0 Å². The first-order chi connectivity index (χ1) is 14.1. The Morgan fingerprint density at radius 3 is 1.93 bits per heavy atom. The van der Waals surface area contributed by atoms with E-state index in [4.69, 9.17) is 0 Å². The normalized spacial score (nSPS) is 36.1. The summed E-state index contributed by atoms with van der Waals surface area (Å²) >= 11 is 0. The minimum Gasteiger partial charge on any atom is -0.207 e. The molecule has 3 fully saturated rings. The summed E-state index contributed by atoms with van der Waals surface area (Å²) in [5, 5.41) is 0. The van der Waals surface area contributed by atoms with Crippen LogP contribution in [0.15, 0.2) is 18.2 Å². The average molecular weight is 399 g/mol. The van der Waals surface area contributed by atoms with E-state index in [0.29, 0.717) is 11.8 Å². The van der Waals surface area contributed by atoms with E-state index in [2.05, 4.69) is 26.0 Å². The molecule has 162 valence electrons. The Morgan fingerprint density at radius 1 is 0.759 bits per heavy atom. The summed E-state index contributed by atoms with van der Waals surface area (Å²) in [5.41, 5.74) is 2.29. The molecule has 0 N–H and O–H groups in total. The summed E-state index contributed by atoms with van der Waals surface area (Å²) in [5.74, 6) is 4.91. The lowest BCUT2D eigenvalue weighted by Crippen LogP contribution is -2.24. The zero-order chi connectivity index (χ0) is 20.2. The number of hydrogen-bond acceptors (Lipinski definition) is 0. The summed E-state index contributed by atoms with van der Waals surface area (Å²) < 4.78 is 15.0. The lowest BCUT2D eigenvalue weighted by atomic mass is 9.68. The summed E-state index contributed by atoms with van der Waals surface area (Å²) in [4.78, 5) is 0. The number of benzene rings is 1. The molecular formula is C28H43F. The van der Waals surface area contributed by atoms with Crippen LogP contribution in [0.2, 0.25) is 0 Å². The van der Waals surface area contributed by atoms with Gasteiger partial charge in [0.15, 0.2) is 0 Å². The van der Waals surface area contributed by atoms with Gasteiger partial charge >= 0.3 is 0 Å². The van der Waals surface area contributed by atoms with Crippen LogP contribution in [0, 0.1) is 29.5 Å². The van der Waals surface area contributed by atoms with Gasteiger partial charge < -0.3 is 0 Å². The van der Waals surface area contributed by atoms with Gasteiger partial charge in [0.05, 0.1) is 0 Å². The molecule has 1 heteroatoms. The zero-order valence-corrected chi connectivity index (χ0v) is 19.0. The Balaban J connectivity index is 1.31. The Labute approximate surface area is 179 Å². The second kappa shape index (κ2) is 9.97. The van der Waals surface area contributed by atoms with Crippen molar-refractivity contribution in [1.82, 2.24) is 0 Å². The molecule has 3 aliphatic carbocycles. The summed E-state index contributed by atoms with van der Waals surface area (Å²) in [6.07, 6.45) is 18.7. The maximum Gasteiger partial charge on any atom is 0.126 e. The molecule has 0 spiro atoms. The number of halogens is 1. The Morgan fingerprint density at radius 2 is 1.34 bits per heavy atom. The maximum absolute atomic E-state index is 15.0. The fourth-order valence-electron chi connectivity index (χ4n) is 6.98. The van der Waals surface area contributed by atoms with E-state index in [9.17, 15) is 0 Å². The molecular weight excluding hydrogens is 355 g/mol. The van der Waals surface area contributed by atoms with E-state index in [0.717, 1.165) is 29.2 Å². The SMILES string of the molecule is CCCC1CCC(c2ccc(C3CCC(C4CCC(C)CC4)CC3)cc2F)CC1. The van der Waals surface area contributed by atoms with Gasteiger partial charge in [0.1, 0.15) is 5.82 Å². The highest BCUT2D eigenvalue weighted by atomic mass is 19.1. The lowest BCUT2D eigenvalue weighted by Gasteiger charge is -2.37. The third-order valence-corrected chi connectivity index (χ3v) is 8.98. The molecule has 4 rings (SSSR count). The second-order valence-electron chi connectivity index (χ2n) is 10.9. The molecule has 1 aromatic rings. The van der Waals surface area contributed by atoms with Crippen LogP contribution in [0.1, 0.15) is 127 Å². The highest BCUT2D eigenvalue weighted by Gasteiger charge is 2.31. The fourth-order valence-corrected chi connectivity index (χ4v) is 6.98. The zero-order valence-electron chi connectivity index (χ0n) is 19.0. The summed E-state index contributed by atoms with van der Waals surface area (Å²) in [6, 6.07) is 6.36. The van der Waals surface area contributed by atoms with Gasteiger partial charge in [-0.3, -0.25) is 0 Å². The minimum absolute atomic E-state index is 0.0878.